The van der Waals surface area contributed by atoms with Crippen molar-refractivity contribution >= 4 is 5.96 Å². The molecule has 1 aliphatic carbocycles. The maximum atomic E-state index is 5.82. The number of guanidine groups is 1. The Morgan fingerprint density at radius 2 is 2.00 bits per heavy atom. The molecule has 0 amide bonds. The maximum absolute atomic E-state index is 5.82. The van der Waals surface area contributed by atoms with Gasteiger partial charge in [-0.25, -0.2) is 4.99 Å². The molecule has 0 bridgehead atoms. The fourth-order valence-electron chi connectivity index (χ4n) is 4.61. The Bertz CT molecular complexity index is 871. The second-order valence-electron chi connectivity index (χ2n) is 8.83. The van der Waals surface area contributed by atoms with E-state index in [0.717, 1.165) is 42.2 Å². The van der Waals surface area contributed by atoms with E-state index in [4.69, 9.17) is 9.73 Å². The fourth-order valence-corrected chi connectivity index (χ4v) is 4.61. The predicted octanol–water partition coefficient (Wildman–Crippen LogP) is 4.04. The van der Waals surface area contributed by atoms with Gasteiger partial charge in [0.15, 0.2) is 11.8 Å². The van der Waals surface area contributed by atoms with E-state index in [9.17, 15) is 0 Å². The monoisotopic (exact) mass is 424 g/mol. The van der Waals surface area contributed by atoms with Gasteiger partial charge in [-0.2, -0.15) is 0 Å². The van der Waals surface area contributed by atoms with Gasteiger partial charge >= 0.3 is 0 Å². The van der Waals surface area contributed by atoms with Crippen molar-refractivity contribution in [1.29, 1.82) is 0 Å². The van der Waals surface area contributed by atoms with Crippen LogP contribution in [0.1, 0.15) is 74.6 Å². The lowest BCUT2D eigenvalue weighted by Gasteiger charge is -2.28. The Morgan fingerprint density at radius 3 is 2.81 bits per heavy atom. The largest absolute Gasteiger partial charge is 0.493 e. The number of hydrogen-bond donors (Lipinski definition) is 2. The zero-order chi connectivity index (χ0) is 21.5. The summed E-state index contributed by atoms with van der Waals surface area (Å²) in [6, 6.07) is 8.46. The molecule has 1 aliphatic heterocycles. The maximum Gasteiger partial charge on any atom is 0.192 e. The van der Waals surface area contributed by atoms with Crippen molar-refractivity contribution in [3.8, 4) is 5.75 Å². The van der Waals surface area contributed by atoms with Gasteiger partial charge in [-0.05, 0) is 25.3 Å². The molecule has 1 atom stereocenters. The zero-order valence-corrected chi connectivity index (χ0v) is 18.9. The Balaban J connectivity index is 1.37. The predicted molar refractivity (Wildman–Crippen MR) is 123 cm³/mol. The Kier molecular flexibility index (Phi) is 7.43. The summed E-state index contributed by atoms with van der Waals surface area (Å²) in [6.45, 7) is 4.10. The van der Waals surface area contributed by atoms with Crippen molar-refractivity contribution in [2.24, 2.45) is 18.0 Å². The summed E-state index contributed by atoms with van der Waals surface area (Å²) < 4.78 is 7.82. The molecule has 1 fully saturated rings. The average molecular weight is 425 g/mol. The minimum absolute atomic E-state index is 0.191. The van der Waals surface area contributed by atoms with Crippen molar-refractivity contribution < 1.29 is 4.74 Å². The van der Waals surface area contributed by atoms with Crippen molar-refractivity contribution in [3.05, 3.63) is 41.5 Å². The number of nitrogens with zero attached hydrogens (tertiary/aromatic N) is 4. The van der Waals surface area contributed by atoms with Gasteiger partial charge in [0.1, 0.15) is 18.1 Å². The van der Waals surface area contributed by atoms with E-state index in [-0.39, 0.29) is 6.04 Å². The molecule has 1 aromatic heterocycles. The SMILES string of the molecule is Cc1nnc(CN=C(NCCCCC2CCCC2)NC2CCOc3ccccc32)n1C. The van der Waals surface area contributed by atoms with Crippen LogP contribution < -0.4 is 15.4 Å². The molecule has 2 heterocycles. The average Bonchev–Trinajstić information content (AvgIpc) is 3.42. The lowest BCUT2D eigenvalue weighted by Crippen LogP contribution is -2.41. The van der Waals surface area contributed by atoms with Crippen LogP contribution in [0, 0.1) is 12.8 Å². The first kappa shape index (κ1) is 21.7. The number of ether oxygens (including phenoxy) is 1. The highest BCUT2D eigenvalue weighted by atomic mass is 16.5. The van der Waals surface area contributed by atoms with Crippen LogP contribution in [0.4, 0.5) is 0 Å². The van der Waals surface area contributed by atoms with Crippen molar-refractivity contribution in [2.75, 3.05) is 13.2 Å². The molecule has 1 unspecified atom stereocenters. The number of hydrogen-bond acceptors (Lipinski definition) is 4. The summed E-state index contributed by atoms with van der Waals surface area (Å²) in [5.41, 5.74) is 1.19. The van der Waals surface area contributed by atoms with E-state index in [1.165, 1.54) is 50.5 Å². The van der Waals surface area contributed by atoms with E-state index in [0.29, 0.717) is 13.2 Å². The molecule has 31 heavy (non-hydrogen) atoms. The molecule has 0 spiro atoms. The van der Waals surface area contributed by atoms with Gasteiger partial charge in [0, 0.05) is 25.6 Å². The van der Waals surface area contributed by atoms with E-state index in [1.807, 2.05) is 30.7 Å². The molecular weight excluding hydrogens is 388 g/mol. The van der Waals surface area contributed by atoms with E-state index in [1.54, 1.807) is 0 Å². The second kappa shape index (κ2) is 10.6. The number of aliphatic imine (C=N–C) groups is 1. The van der Waals surface area contributed by atoms with Gasteiger partial charge in [-0.3, -0.25) is 0 Å². The first-order valence-electron chi connectivity index (χ1n) is 11.8. The molecule has 2 aliphatic rings. The van der Waals surface area contributed by atoms with Gasteiger partial charge in [0.2, 0.25) is 0 Å². The molecule has 0 radical (unpaired) electrons. The summed E-state index contributed by atoms with van der Waals surface area (Å²) >= 11 is 0. The fraction of sp³-hybridized carbons (Fsp3) is 0.625. The van der Waals surface area contributed by atoms with Crippen LogP contribution in [0.15, 0.2) is 29.3 Å². The number of rotatable bonds is 8. The number of fused-ring (bicyclic) bond motifs is 1. The second-order valence-corrected chi connectivity index (χ2v) is 8.83. The quantitative estimate of drug-likeness (QED) is 0.380. The minimum atomic E-state index is 0.191. The molecule has 0 saturated heterocycles. The van der Waals surface area contributed by atoms with Crippen LogP contribution in [0.25, 0.3) is 0 Å². The van der Waals surface area contributed by atoms with E-state index < -0.39 is 0 Å². The topological polar surface area (TPSA) is 76.4 Å². The molecular formula is C24H36N6O. The molecule has 1 aromatic carbocycles. The highest BCUT2D eigenvalue weighted by Gasteiger charge is 2.22. The van der Waals surface area contributed by atoms with Crippen LogP contribution >= 0.6 is 0 Å². The number of nitrogens with one attached hydrogen (secondary N) is 2. The van der Waals surface area contributed by atoms with Gasteiger partial charge in [0.05, 0.1) is 12.6 Å². The van der Waals surface area contributed by atoms with Crippen LogP contribution in [0.3, 0.4) is 0 Å². The highest BCUT2D eigenvalue weighted by molar-refractivity contribution is 5.80. The van der Waals surface area contributed by atoms with Crippen LogP contribution in [0.2, 0.25) is 0 Å². The van der Waals surface area contributed by atoms with Crippen LogP contribution in [0.5, 0.6) is 5.75 Å². The van der Waals surface area contributed by atoms with Crippen molar-refractivity contribution in [2.45, 2.75) is 70.9 Å². The number of para-hydroxylation sites is 1. The van der Waals surface area contributed by atoms with Crippen LogP contribution in [-0.4, -0.2) is 33.9 Å². The standard InChI is InChI=1S/C24H36N6O/c1-18-28-29-23(30(18)2)17-26-24(25-15-8-7-11-19-9-3-4-10-19)27-21-14-16-31-22-13-6-5-12-20(21)22/h5-6,12-13,19,21H,3-4,7-11,14-17H2,1-2H3,(H2,25,26,27). The Labute approximate surface area is 185 Å². The Morgan fingerprint density at radius 1 is 1.16 bits per heavy atom. The van der Waals surface area contributed by atoms with Gasteiger partial charge in [-0.15, -0.1) is 10.2 Å². The van der Waals surface area contributed by atoms with Gasteiger partial charge in [0.25, 0.3) is 0 Å². The summed E-state index contributed by atoms with van der Waals surface area (Å²) in [4.78, 5) is 4.84. The molecule has 7 nitrogen and oxygen atoms in total. The lowest BCUT2D eigenvalue weighted by molar-refractivity contribution is 0.261. The summed E-state index contributed by atoms with van der Waals surface area (Å²) in [5, 5.41) is 15.6. The molecule has 4 rings (SSSR count). The van der Waals surface area contributed by atoms with Crippen molar-refractivity contribution in [1.82, 2.24) is 25.4 Å². The Hall–Kier alpha value is -2.57. The third-order valence-corrected chi connectivity index (χ3v) is 6.64. The first-order chi connectivity index (χ1) is 15.2. The lowest BCUT2D eigenvalue weighted by atomic mass is 10.0. The molecule has 168 valence electrons. The van der Waals surface area contributed by atoms with E-state index >= 15 is 0 Å². The van der Waals surface area contributed by atoms with Gasteiger partial charge < -0.3 is 19.9 Å². The number of unbranched alkanes of at least 4 members (excludes halogenated alkanes) is 1. The molecule has 1 saturated carbocycles. The minimum Gasteiger partial charge on any atom is -0.493 e. The first-order valence-corrected chi connectivity index (χ1v) is 11.8. The summed E-state index contributed by atoms with van der Waals surface area (Å²) in [7, 11) is 1.98. The summed E-state index contributed by atoms with van der Waals surface area (Å²) in [5.74, 6) is 4.53. The van der Waals surface area contributed by atoms with Crippen molar-refractivity contribution in [3.63, 3.8) is 0 Å². The molecule has 2 aromatic rings. The van der Waals surface area contributed by atoms with E-state index in [2.05, 4.69) is 33.0 Å². The zero-order valence-electron chi connectivity index (χ0n) is 18.9. The molecule has 7 heteroatoms. The number of aryl methyl sites for hydroxylation is 1. The summed E-state index contributed by atoms with van der Waals surface area (Å²) in [6.07, 6.45) is 10.5. The smallest absolute Gasteiger partial charge is 0.192 e. The van der Waals surface area contributed by atoms with Gasteiger partial charge in [-0.1, -0.05) is 56.7 Å². The third kappa shape index (κ3) is 5.77. The van der Waals surface area contributed by atoms with Crippen LogP contribution in [-0.2, 0) is 13.6 Å². The third-order valence-electron chi connectivity index (χ3n) is 6.64. The normalized spacial score (nSPS) is 19.2. The number of aromatic nitrogens is 3. The highest BCUT2D eigenvalue weighted by Crippen LogP contribution is 2.31. The molecule has 2 N–H and O–H groups in total. The number of benzene rings is 1.